The van der Waals surface area contributed by atoms with Crippen molar-refractivity contribution < 1.29 is 43.8 Å². The van der Waals surface area contributed by atoms with Crippen LogP contribution < -0.4 is 37.6 Å². The molecule has 0 aromatic heterocycles. The van der Waals surface area contributed by atoms with E-state index in [-0.39, 0.29) is 11.8 Å². The van der Waals surface area contributed by atoms with Gasteiger partial charge in [-0.2, -0.15) is 0 Å². The first-order chi connectivity index (χ1) is 19.3. The van der Waals surface area contributed by atoms with E-state index in [1.807, 2.05) is 0 Å². The summed E-state index contributed by atoms with van der Waals surface area (Å²) in [7, 11) is 0. The second kappa shape index (κ2) is 17.9. The highest BCUT2D eigenvalue weighted by Crippen LogP contribution is 2.08. The Morgan fingerprint density at radius 3 is 1.43 bits per heavy atom. The molecule has 10 N–H and O–H groups in total. The molecule has 16 heteroatoms. The van der Waals surface area contributed by atoms with E-state index < -0.39 is 96.7 Å². The van der Waals surface area contributed by atoms with Gasteiger partial charge in [0.25, 0.3) is 0 Å². The molecule has 0 saturated heterocycles. The lowest BCUT2D eigenvalue weighted by Crippen LogP contribution is -2.60. The zero-order chi connectivity index (χ0) is 32.9. The smallest absolute Gasteiger partial charge is 0.326 e. The number of rotatable bonds is 17. The Kier molecular flexibility index (Phi) is 16.3. The van der Waals surface area contributed by atoms with Gasteiger partial charge in [0.2, 0.25) is 35.4 Å². The molecule has 0 saturated carbocycles. The summed E-state index contributed by atoms with van der Waals surface area (Å²) in [6.45, 7) is 11.6. The van der Waals surface area contributed by atoms with Gasteiger partial charge in [-0.3, -0.25) is 28.8 Å². The van der Waals surface area contributed by atoms with Gasteiger partial charge in [0.15, 0.2) is 0 Å². The summed E-state index contributed by atoms with van der Waals surface area (Å²) in [4.78, 5) is 85.8. The lowest BCUT2D eigenvalue weighted by Gasteiger charge is -2.28. The highest BCUT2D eigenvalue weighted by molar-refractivity contribution is 5.96. The normalized spacial score (nSPS) is 15.5. The predicted molar refractivity (Wildman–Crippen MR) is 151 cm³/mol. The molecule has 16 nitrogen and oxygen atoms in total. The van der Waals surface area contributed by atoms with Gasteiger partial charge in [0.1, 0.15) is 30.2 Å². The first-order valence-corrected chi connectivity index (χ1v) is 13.7. The molecule has 0 aliphatic rings. The molecule has 6 amide bonds. The minimum atomic E-state index is -1.25. The second-order valence-electron chi connectivity index (χ2n) is 11.1. The maximum atomic E-state index is 13.0. The molecular formula is C26H47N7O9. The minimum absolute atomic E-state index is 0.376. The number of carbonyl (C=O) groups excluding carboxylic acids is 6. The van der Waals surface area contributed by atoms with Gasteiger partial charge in [-0.15, -0.1) is 0 Å². The maximum Gasteiger partial charge on any atom is 0.326 e. The monoisotopic (exact) mass is 601 g/mol. The number of hydrogen-bond donors (Lipinski definition) is 9. The molecule has 0 bridgehead atoms. The number of hydrogen-bond acceptors (Lipinski definition) is 9. The quantitative estimate of drug-likeness (QED) is 0.0813. The average molecular weight is 602 g/mol. The summed E-state index contributed by atoms with van der Waals surface area (Å²) in [5.74, 6) is -6.64. The molecule has 0 spiro atoms. The zero-order valence-electron chi connectivity index (χ0n) is 25.4. The fraction of sp³-hybridized carbons (Fsp3) is 0.731. The van der Waals surface area contributed by atoms with Crippen LogP contribution in [0.2, 0.25) is 0 Å². The molecule has 0 heterocycles. The Morgan fingerprint density at radius 2 is 1.00 bits per heavy atom. The van der Waals surface area contributed by atoms with Gasteiger partial charge in [0, 0.05) is 0 Å². The molecular weight excluding hydrogens is 554 g/mol. The number of carboxylic acids is 1. The van der Waals surface area contributed by atoms with Crippen LogP contribution >= 0.6 is 0 Å². The van der Waals surface area contributed by atoms with Gasteiger partial charge < -0.3 is 47.8 Å². The predicted octanol–water partition coefficient (Wildman–Crippen LogP) is -3.06. The molecule has 0 fully saturated rings. The van der Waals surface area contributed by atoms with E-state index in [1.165, 1.54) is 13.8 Å². The molecule has 0 aromatic rings. The number of aliphatic hydroxyl groups is 1. The Labute approximate surface area is 245 Å². The van der Waals surface area contributed by atoms with Crippen LogP contribution in [-0.4, -0.2) is 101 Å². The zero-order valence-corrected chi connectivity index (χ0v) is 25.4. The molecule has 240 valence electrons. The van der Waals surface area contributed by atoms with Gasteiger partial charge >= 0.3 is 5.97 Å². The number of carboxylic acid groups (broad SMARTS) is 1. The van der Waals surface area contributed by atoms with Crippen molar-refractivity contribution in [3.8, 4) is 0 Å². The molecule has 0 aliphatic heterocycles. The summed E-state index contributed by atoms with van der Waals surface area (Å²) < 4.78 is 0. The van der Waals surface area contributed by atoms with Crippen LogP contribution in [-0.2, 0) is 33.6 Å². The van der Waals surface area contributed by atoms with Crippen molar-refractivity contribution in [2.75, 3.05) is 13.1 Å². The van der Waals surface area contributed by atoms with E-state index >= 15 is 0 Å². The van der Waals surface area contributed by atoms with Crippen LogP contribution in [0, 0.1) is 17.8 Å². The van der Waals surface area contributed by atoms with Crippen molar-refractivity contribution in [2.24, 2.45) is 23.5 Å². The highest BCUT2D eigenvalue weighted by atomic mass is 16.4. The van der Waals surface area contributed by atoms with Crippen LogP contribution in [0.4, 0.5) is 0 Å². The summed E-state index contributed by atoms with van der Waals surface area (Å²) >= 11 is 0. The Hall–Kier alpha value is -3.79. The number of nitrogens with one attached hydrogen (secondary N) is 6. The molecule has 0 unspecified atom stereocenters. The van der Waals surface area contributed by atoms with Crippen molar-refractivity contribution >= 4 is 41.4 Å². The van der Waals surface area contributed by atoms with Gasteiger partial charge in [0.05, 0.1) is 19.2 Å². The van der Waals surface area contributed by atoms with Crippen molar-refractivity contribution in [1.29, 1.82) is 0 Å². The number of nitrogens with two attached hydrogens (primary N) is 1. The molecule has 0 rings (SSSR count). The van der Waals surface area contributed by atoms with Crippen LogP contribution in [0.15, 0.2) is 0 Å². The maximum absolute atomic E-state index is 13.0. The SMILES string of the molecule is CC(C)[C@@H](NC(=O)CNC(=O)CNC(=O)[C@@H](C)NC(=O)[C@H](NC(=O)[C@H](NC(=O)[C@H](N)[C@H](C)O)C(C)C)C(C)C)C(=O)O. The topological polar surface area (TPSA) is 258 Å². The van der Waals surface area contributed by atoms with Crippen molar-refractivity contribution in [3.05, 3.63) is 0 Å². The Balaban J connectivity index is 5.01. The van der Waals surface area contributed by atoms with Crippen LogP contribution in [0.1, 0.15) is 55.4 Å². The van der Waals surface area contributed by atoms with E-state index in [9.17, 15) is 38.7 Å². The molecule has 0 radical (unpaired) electrons. The van der Waals surface area contributed by atoms with Crippen LogP contribution in [0.3, 0.4) is 0 Å². The van der Waals surface area contributed by atoms with E-state index in [0.29, 0.717) is 0 Å². The first-order valence-electron chi connectivity index (χ1n) is 13.7. The number of amides is 6. The number of aliphatic hydroxyl groups excluding tert-OH is 1. The fourth-order valence-electron chi connectivity index (χ4n) is 3.45. The number of carbonyl (C=O) groups is 7. The standard InChI is InChI=1S/C26H47N7O9/c1-11(2)19(33-25(40)20(12(3)4)32-23(38)18(27)15(8)34)24(39)30-14(7)22(37)29-9-16(35)28-10-17(36)31-21(13(5)6)26(41)42/h11-15,18-21,34H,9-10,27H2,1-8H3,(H,28,35)(H,29,37)(H,30,39)(H,31,36)(H,32,38)(H,33,40)(H,41,42)/t14-,15+,18-,19-,20-,21-/m1/s1. The average Bonchev–Trinajstić information content (AvgIpc) is 2.88. The third kappa shape index (κ3) is 13.2. The van der Waals surface area contributed by atoms with Crippen LogP contribution in [0.5, 0.6) is 0 Å². The summed E-state index contributed by atoms with van der Waals surface area (Å²) in [6, 6.07) is -5.63. The van der Waals surface area contributed by atoms with E-state index in [0.717, 1.165) is 0 Å². The lowest BCUT2D eigenvalue weighted by atomic mass is 9.99. The van der Waals surface area contributed by atoms with E-state index in [4.69, 9.17) is 10.8 Å². The van der Waals surface area contributed by atoms with Crippen molar-refractivity contribution in [2.45, 2.75) is 91.7 Å². The fourth-order valence-corrected chi connectivity index (χ4v) is 3.45. The lowest BCUT2D eigenvalue weighted by molar-refractivity contribution is -0.143. The summed E-state index contributed by atoms with van der Waals surface area (Å²) in [5.41, 5.74) is 5.64. The minimum Gasteiger partial charge on any atom is -0.480 e. The molecule has 6 atom stereocenters. The van der Waals surface area contributed by atoms with Gasteiger partial charge in [-0.25, -0.2) is 4.79 Å². The van der Waals surface area contributed by atoms with E-state index in [1.54, 1.807) is 41.5 Å². The third-order valence-electron chi connectivity index (χ3n) is 6.19. The highest BCUT2D eigenvalue weighted by Gasteiger charge is 2.33. The number of aliphatic carboxylic acids is 1. The molecule has 0 aliphatic carbocycles. The van der Waals surface area contributed by atoms with Crippen molar-refractivity contribution in [3.63, 3.8) is 0 Å². The largest absolute Gasteiger partial charge is 0.480 e. The van der Waals surface area contributed by atoms with Crippen LogP contribution in [0.25, 0.3) is 0 Å². The van der Waals surface area contributed by atoms with Gasteiger partial charge in [-0.05, 0) is 31.6 Å². The molecule has 42 heavy (non-hydrogen) atoms. The molecule has 0 aromatic carbocycles. The first kappa shape index (κ1) is 38.2. The second-order valence-corrected chi connectivity index (χ2v) is 11.1. The third-order valence-corrected chi connectivity index (χ3v) is 6.19. The van der Waals surface area contributed by atoms with Gasteiger partial charge in [-0.1, -0.05) is 41.5 Å². The van der Waals surface area contributed by atoms with E-state index in [2.05, 4.69) is 31.9 Å². The Morgan fingerprint density at radius 1 is 0.571 bits per heavy atom. The summed E-state index contributed by atoms with van der Waals surface area (Å²) in [5, 5.41) is 33.1. The Bertz CT molecular complexity index is 985. The summed E-state index contributed by atoms with van der Waals surface area (Å²) in [6.07, 6.45) is -1.14. The van der Waals surface area contributed by atoms with Crippen molar-refractivity contribution in [1.82, 2.24) is 31.9 Å².